The molecule has 0 radical (unpaired) electrons. The smallest absolute Gasteiger partial charge is 0.274 e. The van der Waals surface area contributed by atoms with Gasteiger partial charge in [0.25, 0.3) is 10.1 Å². The minimum absolute atomic E-state index is 0.415. The van der Waals surface area contributed by atoms with Crippen LogP contribution < -0.4 is 0 Å². The number of rotatable bonds is 2. The highest BCUT2D eigenvalue weighted by atomic mass is 32.2. The number of aromatic nitrogens is 1. The minimum atomic E-state index is -4.06. The summed E-state index contributed by atoms with van der Waals surface area (Å²) < 4.78 is 31.7. The number of hydrogen-bond acceptors (Lipinski definition) is 4. The van der Waals surface area contributed by atoms with Crippen molar-refractivity contribution in [3.05, 3.63) is 29.3 Å². The van der Waals surface area contributed by atoms with E-state index in [1.54, 1.807) is 0 Å². The van der Waals surface area contributed by atoms with E-state index in [1.807, 2.05) is 24.3 Å². The third-order valence-corrected chi connectivity index (χ3v) is 4.59. The van der Waals surface area contributed by atoms with Gasteiger partial charge < -0.3 is 0 Å². The Hall–Kier alpha value is -0.980. The average molecular weight is 243 g/mol. The first-order valence-corrected chi connectivity index (χ1v) is 6.62. The van der Waals surface area contributed by atoms with Gasteiger partial charge in [-0.3, -0.25) is 4.55 Å². The average Bonchev–Trinajstić information content (AvgIpc) is 2.58. The number of benzene rings is 1. The van der Waals surface area contributed by atoms with Gasteiger partial charge in [-0.15, -0.1) is 11.3 Å². The lowest BCUT2D eigenvalue weighted by Gasteiger charge is -2.01. The van der Waals surface area contributed by atoms with Crippen LogP contribution in [0.25, 0.3) is 10.2 Å². The van der Waals surface area contributed by atoms with E-state index >= 15 is 0 Å². The van der Waals surface area contributed by atoms with Crippen LogP contribution in [0.15, 0.2) is 24.3 Å². The molecule has 0 amide bonds. The fraction of sp³-hybridized carbons (Fsp3) is 0.222. The van der Waals surface area contributed by atoms with E-state index in [4.69, 9.17) is 4.55 Å². The fourth-order valence-corrected chi connectivity index (χ4v) is 2.91. The fourth-order valence-electron chi connectivity index (χ4n) is 1.19. The van der Waals surface area contributed by atoms with Crippen LogP contribution in [0.4, 0.5) is 0 Å². The first-order chi connectivity index (χ1) is 6.98. The zero-order valence-electron chi connectivity index (χ0n) is 7.91. The molecule has 6 heteroatoms. The highest BCUT2D eigenvalue weighted by molar-refractivity contribution is 7.86. The van der Waals surface area contributed by atoms with Gasteiger partial charge >= 0.3 is 0 Å². The summed E-state index contributed by atoms with van der Waals surface area (Å²) in [4.78, 5) is 4.16. The molecule has 1 unspecified atom stereocenters. The summed E-state index contributed by atoms with van der Waals surface area (Å²) in [7, 11) is -4.06. The molecule has 0 bridgehead atoms. The molecule has 0 aliphatic rings. The minimum Gasteiger partial charge on any atom is -0.285 e. The second kappa shape index (κ2) is 3.55. The van der Waals surface area contributed by atoms with Gasteiger partial charge in [0.2, 0.25) is 0 Å². The van der Waals surface area contributed by atoms with Crippen molar-refractivity contribution in [3.63, 3.8) is 0 Å². The van der Waals surface area contributed by atoms with Crippen LogP contribution in [0, 0.1) is 0 Å². The Balaban J connectivity index is 2.54. The van der Waals surface area contributed by atoms with Crippen molar-refractivity contribution in [1.82, 2.24) is 4.98 Å². The SMILES string of the molecule is CC(c1nc2ccccc2s1)S(=O)(=O)O. The van der Waals surface area contributed by atoms with Crippen molar-refractivity contribution >= 4 is 31.7 Å². The second-order valence-corrected chi connectivity index (χ2v) is 5.98. The van der Waals surface area contributed by atoms with Gasteiger partial charge in [-0.05, 0) is 19.1 Å². The lowest BCUT2D eigenvalue weighted by molar-refractivity contribution is 0.472. The molecular weight excluding hydrogens is 234 g/mol. The Labute approximate surface area is 91.3 Å². The van der Waals surface area contributed by atoms with Gasteiger partial charge in [0.1, 0.15) is 10.3 Å². The van der Waals surface area contributed by atoms with Crippen LogP contribution in [0.2, 0.25) is 0 Å². The lowest BCUT2D eigenvalue weighted by Crippen LogP contribution is -2.07. The van der Waals surface area contributed by atoms with Gasteiger partial charge in [0.15, 0.2) is 0 Å². The number of para-hydroxylation sites is 1. The summed E-state index contributed by atoms with van der Waals surface area (Å²) in [5.74, 6) is 0. The normalized spacial score (nSPS) is 14.3. The third-order valence-electron chi connectivity index (χ3n) is 2.10. The van der Waals surface area contributed by atoms with Crippen LogP contribution in [0.5, 0.6) is 0 Å². The quantitative estimate of drug-likeness (QED) is 0.821. The van der Waals surface area contributed by atoms with Crippen molar-refractivity contribution in [1.29, 1.82) is 0 Å². The summed E-state index contributed by atoms with van der Waals surface area (Å²) >= 11 is 1.28. The molecule has 0 fully saturated rings. The molecule has 15 heavy (non-hydrogen) atoms. The first-order valence-electron chi connectivity index (χ1n) is 4.30. The molecule has 1 heterocycles. The molecule has 1 aromatic heterocycles. The monoisotopic (exact) mass is 243 g/mol. The zero-order valence-corrected chi connectivity index (χ0v) is 9.55. The van der Waals surface area contributed by atoms with E-state index < -0.39 is 15.4 Å². The molecule has 1 aromatic carbocycles. The summed E-state index contributed by atoms with van der Waals surface area (Å²) in [6, 6.07) is 7.38. The number of fused-ring (bicyclic) bond motifs is 1. The van der Waals surface area contributed by atoms with E-state index in [1.165, 1.54) is 18.3 Å². The topological polar surface area (TPSA) is 67.3 Å². The summed E-state index contributed by atoms with van der Waals surface area (Å²) in [6.07, 6.45) is 0. The van der Waals surface area contributed by atoms with Crippen LogP contribution in [-0.2, 0) is 10.1 Å². The summed E-state index contributed by atoms with van der Waals surface area (Å²) in [5, 5.41) is -0.548. The highest BCUT2D eigenvalue weighted by Crippen LogP contribution is 2.29. The van der Waals surface area contributed by atoms with E-state index in [-0.39, 0.29) is 0 Å². The molecule has 0 saturated heterocycles. The van der Waals surface area contributed by atoms with Gasteiger partial charge in [-0.2, -0.15) is 8.42 Å². The van der Waals surface area contributed by atoms with E-state index in [0.717, 1.165) is 10.2 Å². The Morgan fingerprint density at radius 3 is 2.67 bits per heavy atom. The van der Waals surface area contributed by atoms with Gasteiger partial charge in [-0.25, -0.2) is 4.98 Å². The summed E-state index contributed by atoms with van der Waals surface area (Å²) in [5.41, 5.74) is 0.757. The third kappa shape index (κ3) is 2.01. The van der Waals surface area contributed by atoms with E-state index in [9.17, 15) is 8.42 Å². The molecule has 2 aromatic rings. The van der Waals surface area contributed by atoms with Crippen molar-refractivity contribution in [2.45, 2.75) is 12.2 Å². The van der Waals surface area contributed by atoms with Crippen LogP contribution >= 0.6 is 11.3 Å². The second-order valence-electron chi connectivity index (χ2n) is 3.18. The Morgan fingerprint density at radius 2 is 2.07 bits per heavy atom. The van der Waals surface area contributed by atoms with Crippen molar-refractivity contribution in [2.75, 3.05) is 0 Å². The van der Waals surface area contributed by atoms with Gasteiger partial charge in [0.05, 0.1) is 10.2 Å². The molecule has 1 atom stereocenters. The van der Waals surface area contributed by atoms with Crippen molar-refractivity contribution in [3.8, 4) is 0 Å². The first kappa shape index (κ1) is 10.5. The molecule has 1 N–H and O–H groups in total. The van der Waals surface area contributed by atoms with Crippen molar-refractivity contribution in [2.24, 2.45) is 0 Å². The van der Waals surface area contributed by atoms with Crippen LogP contribution in [-0.4, -0.2) is 18.0 Å². The predicted octanol–water partition coefficient (Wildman–Crippen LogP) is 2.25. The number of thiazole rings is 1. The predicted molar refractivity (Wildman–Crippen MR) is 59.6 cm³/mol. The zero-order chi connectivity index (χ0) is 11.1. The van der Waals surface area contributed by atoms with E-state index in [0.29, 0.717) is 5.01 Å². The molecule has 0 saturated carbocycles. The highest BCUT2D eigenvalue weighted by Gasteiger charge is 2.23. The van der Waals surface area contributed by atoms with E-state index in [2.05, 4.69) is 4.98 Å². The van der Waals surface area contributed by atoms with Gasteiger partial charge in [-0.1, -0.05) is 12.1 Å². The largest absolute Gasteiger partial charge is 0.285 e. The Kier molecular flexibility index (Phi) is 2.49. The number of hydrogen-bond donors (Lipinski definition) is 1. The molecule has 0 aliphatic carbocycles. The number of nitrogens with zero attached hydrogens (tertiary/aromatic N) is 1. The van der Waals surface area contributed by atoms with Crippen molar-refractivity contribution < 1.29 is 13.0 Å². The maximum atomic E-state index is 10.9. The maximum absolute atomic E-state index is 10.9. The van der Waals surface area contributed by atoms with Gasteiger partial charge in [0, 0.05) is 0 Å². The molecular formula is C9H9NO3S2. The lowest BCUT2D eigenvalue weighted by atomic mass is 10.3. The summed E-state index contributed by atoms with van der Waals surface area (Å²) in [6.45, 7) is 1.42. The van der Waals surface area contributed by atoms with Crippen LogP contribution in [0.1, 0.15) is 17.2 Å². The molecule has 4 nitrogen and oxygen atoms in total. The molecule has 0 aliphatic heterocycles. The van der Waals surface area contributed by atoms with Crippen LogP contribution in [0.3, 0.4) is 0 Å². The Bertz CT molecular complexity index is 555. The standard InChI is InChI=1S/C9H9NO3S2/c1-6(15(11,12)13)9-10-7-4-2-3-5-8(7)14-9/h2-6H,1H3,(H,11,12,13). The Morgan fingerprint density at radius 1 is 1.40 bits per heavy atom. The molecule has 80 valence electrons. The molecule has 2 rings (SSSR count). The molecule has 0 spiro atoms. The maximum Gasteiger partial charge on any atom is 0.274 e.